The summed E-state index contributed by atoms with van der Waals surface area (Å²) >= 11 is 0. The Morgan fingerprint density at radius 3 is 2.05 bits per heavy atom. The van der Waals surface area contributed by atoms with E-state index in [4.69, 9.17) is 9.31 Å². The highest BCUT2D eigenvalue weighted by molar-refractivity contribution is 6.62. The number of hydrogen-bond acceptors (Lipinski definition) is 3. The molecule has 0 aromatic heterocycles. The van der Waals surface area contributed by atoms with E-state index in [1.807, 2.05) is 65.8 Å². The largest absolute Gasteiger partial charge is 0.495 e. The van der Waals surface area contributed by atoms with Crippen LogP contribution in [0.2, 0.25) is 0 Å². The molecule has 2 rings (SSSR count). The molecule has 3 nitrogen and oxygen atoms in total. The molecule has 1 fully saturated rings. The average molecular weight is 271 g/mol. The van der Waals surface area contributed by atoms with E-state index < -0.39 is 12.5 Å². The standard InChI is InChI=1S/C16H22BNO2/c1-14(2,11-18)12-9-7-8-10-13(12)17-19-15(3,4)16(5,6)20-17/h7-10H,1-6H3. The van der Waals surface area contributed by atoms with Crippen LogP contribution >= 0.6 is 0 Å². The summed E-state index contributed by atoms with van der Waals surface area (Å²) in [4.78, 5) is 0. The van der Waals surface area contributed by atoms with Gasteiger partial charge < -0.3 is 9.31 Å². The predicted octanol–water partition coefficient (Wildman–Crippen LogP) is 2.79. The van der Waals surface area contributed by atoms with Gasteiger partial charge in [-0.25, -0.2) is 0 Å². The third-order valence-corrected chi connectivity index (χ3v) is 4.42. The molecule has 1 heterocycles. The van der Waals surface area contributed by atoms with Crippen LogP contribution in [0, 0.1) is 11.3 Å². The van der Waals surface area contributed by atoms with Crippen LogP contribution in [0.15, 0.2) is 24.3 Å². The lowest BCUT2D eigenvalue weighted by molar-refractivity contribution is 0.00578. The van der Waals surface area contributed by atoms with Crippen LogP contribution in [0.1, 0.15) is 47.1 Å². The summed E-state index contributed by atoms with van der Waals surface area (Å²) in [6.07, 6.45) is 0. The quantitative estimate of drug-likeness (QED) is 0.777. The Hall–Kier alpha value is -1.31. The second-order valence-corrected chi connectivity index (χ2v) is 6.91. The van der Waals surface area contributed by atoms with Crippen molar-refractivity contribution >= 4 is 12.6 Å². The van der Waals surface area contributed by atoms with Crippen LogP contribution in [-0.2, 0) is 14.7 Å². The highest BCUT2D eigenvalue weighted by atomic mass is 16.7. The Kier molecular flexibility index (Phi) is 3.48. The molecule has 0 atom stereocenters. The van der Waals surface area contributed by atoms with Crippen molar-refractivity contribution in [1.29, 1.82) is 5.26 Å². The summed E-state index contributed by atoms with van der Waals surface area (Å²) in [5, 5.41) is 9.39. The normalized spacial score (nSPS) is 20.8. The van der Waals surface area contributed by atoms with Gasteiger partial charge >= 0.3 is 7.12 Å². The molecule has 0 radical (unpaired) electrons. The fraction of sp³-hybridized carbons (Fsp3) is 0.562. The molecule has 0 spiro atoms. The van der Waals surface area contributed by atoms with Crippen LogP contribution in [-0.4, -0.2) is 18.3 Å². The van der Waals surface area contributed by atoms with Gasteiger partial charge in [-0.1, -0.05) is 24.3 Å². The molecule has 4 heteroatoms. The van der Waals surface area contributed by atoms with Gasteiger partial charge in [0.25, 0.3) is 0 Å². The summed E-state index contributed by atoms with van der Waals surface area (Å²) in [5.74, 6) is 0. The van der Waals surface area contributed by atoms with Gasteiger partial charge in [0.2, 0.25) is 0 Å². The maximum absolute atomic E-state index is 9.39. The van der Waals surface area contributed by atoms with Crippen LogP contribution in [0.25, 0.3) is 0 Å². The molecule has 1 aliphatic rings. The summed E-state index contributed by atoms with van der Waals surface area (Å²) in [7, 11) is -0.427. The van der Waals surface area contributed by atoms with E-state index in [1.54, 1.807) is 0 Å². The van der Waals surface area contributed by atoms with Crippen LogP contribution in [0.4, 0.5) is 0 Å². The van der Waals surface area contributed by atoms with Gasteiger partial charge in [0.05, 0.1) is 22.7 Å². The number of hydrogen-bond donors (Lipinski definition) is 0. The van der Waals surface area contributed by atoms with Crippen molar-refractivity contribution in [3.05, 3.63) is 29.8 Å². The highest BCUT2D eigenvalue weighted by Crippen LogP contribution is 2.37. The summed E-state index contributed by atoms with van der Waals surface area (Å²) < 4.78 is 12.2. The van der Waals surface area contributed by atoms with E-state index >= 15 is 0 Å². The zero-order valence-electron chi connectivity index (χ0n) is 13.2. The van der Waals surface area contributed by atoms with Crippen molar-refractivity contribution in [2.75, 3.05) is 0 Å². The van der Waals surface area contributed by atoms with Crippen molar-refractivity contribution in [1.82, 2.24) is 0 Å². The first-order chi connectivity index (χ1) is 9.11. The SMILES string of the molecule is CC(C)(C#N)c1ccccc1B1OC(C)(C)C(C)(C)O1. The maximum atomic E-state index is 9.39. The number of nitriles is 1. The van der Waals surface area contributed by atoms with E-state index in [0.717, 1.165) is 11.0 Å². The third-order valence-electron chi connectivity index (χ3n) is 4.42. The first-order valence-corrected chi connectivity index (χ1v) is 6.97. The molecule has 1 aromatic rings. The topological polar surface area (TPSA) is 42.2 Å². The van der Waals surface area contributed by atoms with Crippen LogP contribution < -0.4 is 5.46 Å². The molecule has 0 unspecified atom stereocenters. The molecule has 0 bridgehead atoms. The lowest BCUT2D eigenvalue weighted by Gasteiger charge is -2.32. The van der Waals surface area contributed by atoms with E-state index in [2.05, 4.69) is 6.07 Å². The van der Waals surface area contributed by atoms with E-state index in [1.165, 1.54) is 0 Å². The van der Waals surface area contributed by atoms with Crippen molar-refractivity contribution in [2.45, 2.75) is 58.2 Å². The van der Waals surface area contributed by atoms with Gasteiger partial charge in [0.1, 0.15) is 0 Å². The Morgan fingerprint density at radius 2 is 1.55 bits per heavy atom. The first kappa shape index (κ1) is 15.1. The molecule has 0 aliphatic carbocycles. The Balaban J connectivity index is 2.45. The molecular formula is C16H22BNO2. The minimum Gasteiger partial charge on any atom is -0.399 e. The van der Waals surface area contributed by atoms with E-state index in [0.29, 0.717) is 0 Å². The minimum absolute atomic E-state index is 0.373. The smallest absolute Gasteiger partial charge is 0.399 e. The lowest BCUT2D eigenvalue weighted by Crippen LogP contribution is -2.41. The molecule has 0 saturated carbocycles. The van der Waals surface area contributed by atoms with Crippen LogP contribution in [0.3, 0.4) is 0 Å². The first-order valence-electron chi connectivity index (χ1n) is 6.97. The average Bonchev–Trinajstić information content (AvgIpc) is 2.58. The van der Waals surface area contributed by atoms with Gasteiger partial charge in [0.15, 0.2) is 0 Å². The Morgan fingerprint density at radius 1 is 1.05 bits per heavy atom. The van der Waals surface area contributed by atoms with Crippen molar-refractivity contribution < 1.29 is 9.31 Å². The van der Waals surface area contributed by atoms with Gasteiger partial charge in [-0.05, 0) is 52.6 Å². The van der Waals surface area contributed by atoms with Crippen LogP contribution in [0.5, 0.6) is 0 Å². The second kappa shape index (κ2) is 4.61. The summed E-state index contributed by atoms with van der Waals surface area (Å²) in [6, 6.07) is 10.2. The number of nitrogens with zero attached hydrogens (tertiary/aromatic N) is 1. The monoisotopic (exact) mass is 271 g/mol. The molecule has 0 N–H and O–H groups in total. The molecule has 106 valence electrons. The number of benzene rings is 1. The summed E-state index contributed by atoms with van der Waals surface area (Å²) in [6.45, 7) is 12.0. The van der Waals surface area contributed by atoms with Gasteiger partial charge in [-0.2, -0.15) is 5.26 Å². The Labute approximate surface area is 122 Å². The predicted molar refractivity (Wildman–Crippen MR) is 80.8 cm³/mol. The molecular weight excluding hydrogens is 249 g/mol. The van der Waals surface area contributed by atoms with Gasteiger partial charge in [-0.15, -0.1) is 0 Å². The van der Waals surface area contributed by atoms with Gasteiger partial charge in [0, 0.05) is 0 Å². The molecule has 1 aliphatic heterocycles. The third kappa shape index (κ3) is 2.37. The minimum atomic E-state index is -0.569. The van der Waals surface area contributed by atoms with E-state index in [9.17, 15) is 5.26 Å². The number of rotatable bonds is 2. The Bertz CT molecular complexity index is 542. The fourth-order valence-corrected chi connectivity index (χ4v) is 2.30. The van der Waals surface area contributed by atoms with Crippen molar-refractivity contribution in [2.24, 2.45) is 0 Å². The van der Waals surface area contributed by atoms with Gasteiger partial charge in [-0.3, -0.25) is 0 Å². The molecule has 1 aromatic carbocycles. The zero-order valence-corrected chi connectivity index (χ0v) is 13.2. The zero-order chi connectivity index (χ0) is 15.2. The summed E-state index contributed by atoms with van der Waals surface area (Å²) in [5.41, 5.74) is 0.585. The lowest BCUT2D eigenvalue weighted by atomic mass is 9.69. The van der Waals surface area contributed by atoms with E-state index in [-0.39, 0.29) is 11.2 Å². The molecule has 1 saturated heterocycles. The van der Waals surface area contributed by atoms with Crippen molar-refractivity contribution in [3.63, 3.8) is 0 Å². The molecule has 20 heavy (non-hydrogen) atoms. The van der Waals surface area contributed by atoms with Crippen molar-refractivity contribution in [3.8, 4) is 6.07 Å². The fourth-order valence-electron chi connectivity index (χ4n) is 2.30. The highest BCUT2D eigenvalue weighted by Gasteiger charge is 2.52. The second-order valence-electron chi connectivity index (χ2n) is 6.91. The molecule has 0 amide bonds. The maximum Gasteiger partial charge on any atom is 0.495 e.